The van der Waals surface area contributed by atoms with Crippen LogP contribution in [-0.4, -0.2) is 16.1 Å². The third-order valence-electron chi connectivity index (χ3n) is 2.65. The molecule has 5 nitrogen and oxygen atoms in total. The number of carbonyl (C=O) groups excluding carboxylic acids is 1. The van der Waals surface area contributed by atoms with E-state index in [0.29, 0.717) is 0 Å². The minimum atomic E-state index is -0.375. The lowest BCUT2D eigenvalue weighted by molar-refractivity contribution is -0.116. The number of carbonyl (C=O) groups is 1. The number of aromatic nitrogens is 2. The smallest absolute Gasteiger partial charge is 0.251 e. The molecular weight excluding hydrogens is 284 g/mol. The van der Waals surface area contributed by atoms with E-state index in [4.69, 9.17) is 0 Å². The van der Waals surface area contributed by atoms with Gasteiger partial charge in [0.2, 0.25) is 0 Å². The second-order valence-electron chi connectivity index (χ2n) is 3.79. The molecule has 0 spiro atoms. The summed E-state index contributed by atoms with van der Waals surface area (Å²) in [5, 5.41) is 12.5. The molecule has 1 aromatic heterocycles. The zero-order valence-corrected chi connectivity index (χ0v) is 10.3. The maximum Gasteiger partial charge on any atom is 0.251 e. The van der Waals surface area contributed by atoms with Crippen molar-refractivity contribution >= 4 is 33.2 Å². The van der Waals surface area contributed by atoms with E-state index in [1.54, 1.807) is 12.4 Å². The topological polar surface area (TPSA) is 69.8 Å². The predicted octanol–water partition coefficient (Wildman–Crippen LogP) is 2.28. The number of hydrogen-bond donors (Lipinski definition) is 3. The van der Waals surface area contributed by atoms with E-state index in [-0.39, 0.29) is 11.9 Å². The highest BCUT2D eigenvalue weighted by atomic mass is 79.9. The highest BCUT2D eigenvalue weighted by Gasteiger charge is 2.30. The summed E-state index contributed by atoms with van der Waals surface area (Å²) in [5.41, 5.74) is 2.57. The third-order valence-corrected chi connectivity index (χ3v) is 3.15. The summed E-state index contributed by atoms with van der Waals surface area (Å²) in [4.78, 5) is 11.8. The van der Waals surface area contributed by atoms with Gasteiger partial charge in [0.05, 0.1) is 11.9 Å². The van der Waals surface area contributed by atoms with E-state index in [9.17, 15) is 4.79 Å². The van der Waals surface area contributed by atoms with Crippen LogP contribution in [0.5, 0.6) is 0 Å². The third kappa shape index (κ3) is 1.80. The monoisotopic (exact) mass is 292 g/mol. The van der Waals surface area contributed by atoms with Gasteiger partial charge in [0.1, 0.15) is 6.04 Å². The van der Waals surface area contributed by atoms with Crippen LogP contribution in [-0.2, 0) is 4.79 Å². The van der Waals surface area contributed by atoms with E-state index in [1.807, 2.05) is 18.2 Å². The van der Waals surface area contributed by atoms with Crippen molar-refractivity contribution in [2.24, 2.45) is 0 Å². The first kappa shape index (κ1) is 10.3. The Kier molecular flexibility index (Phi) is 2.36. The van der Waals surface area contributed by atoms with Gasteiger partial charge in [-0.3, -0.25) is 9.89 Å². The molecule has 6 heteroatoms. The highest BCUT2D eigenvalue weighted by Crippen LogP contribution is 2.34. The van der Waals surface area contributed by atoms with Gasteiger partial charge in [-0.1, -0.05) is 15.9 Å². The van der Waals surface area contributed by atoms with Crippen molar-refractivity contribution in [3.8, 4) is 0 Å². The van der Waals surface area contributed by atoms with Crippen molar-refractivity contribution in [2.75, 3.05) is 10.6 Å². The quantitative estimate of drug-likeness (QED) is 0.795. The molecular formula is C11H9BrN4O. The number of benzene rings is 1. The number of rotatable bonds is 2. The maximum absolute atomic E-state index is 11.8. The number of H-pyrrole nitrogens is 1. The second-order valence-corrected chi connectivity index (χ2v) is 4.70. The Bertz CT molecular complexity index is 567. The average molecular weight is 293 g/mol. The molecule has 1 aliphatic heterocycles. The molecule has 86 valence electrons. The van der Waals surface area contributed by atoms with Gasteiger partial charge in [-0.15, -0.1) is 0 Å². The Morgan fingerprint density at radius 2 is 2.29 bits per heavy atom. The van der Waals surface area contributed by atoms with Crippen LogP contribution in [0.3, 0.4) is 0 Å². The van der Waals surface area contributed by atoms with E-state index >= 15 is 0 Å². The molecule has 1 aliphatic rings. The predicted molar refractivity (Wildman–Crippen MR) is 67.7 cm³/mol. The largest absolute Gasteiger partial charge is 0.367 e. The molecule has 0 aliphatic carbocycles. The Morgan fingerprint density at radius 3 is 3.06 bits per heavy atom. The second kappa shape index (κ2) is 3.89. The fraction of sp³-hybridized carbons (Fsp3) is 0.0909. The van der Waals surface area contributed by atoms with Crippen molar-refractivity contribution in [2.45, 2.75) is 6.04 Å². The summed E-state index contributed by atoms with van der Waals surface area (Å²) in [7, 11) is 0. The molecule has 0 saturated heterocycles. The van der Waals surface area contributed by atoms with Crippen LogP contribution in [0.1, 0.15) is 11.6 Å². The molecule has 3 N–H and O–H groups in total. The van der Waals surface area contributed by atoms with Gasteiger partial charge in [0, 0.05) is 21.9 Å². The molecule has 17 heavy (non-hydrogen) atoms. The lowest BCUT2D eigenvalue weighted by atomic mass is 10.1. The Morgan fingerprint density at radius 1 is 1.41 bits per heavy atom. The van der Waals surface area contributed by atoms with Crippen LogP contribution >= 0.6 is 15.9 Å². The van der Waals surface area contributed by atoms with Gasteiger partial charge in [-0.2, -0.15) is 5.10 Å². The van der Waals surface area contributed by atoms with Crippen LogP contribution in [0, 0.1) is 0 Å². The first-order chi connectivity index (χ1) is 8.24. The van der Waals surface area contributed by atoms with Crippen LogP contribution < -0.4 is 10.6 Å². The zero-order chi connectivity index (χ0) is 11.8. The summed E-state index contributed by atoms with van der Waals surface area (Å²) in [6.07, 6.45) is 3.35. The van der Waals surface area contributed by atoms with Gasteiger partial charge >= 0.3 is 0 Å². The van der Waals surface area contributed by atoms with Crippen molar-refractivity contribution in [1.82, 2.24) is 10.2 Å². The summed E-state index contributed by atoms with van der Waals surface area (Å²) >= 11 is 3.40. The Labute approximate surface area is 106 Å². The zero-order valence-electron chi connectivity index (χ0n) is 8.70. The van der Waals surface area contributed by atoms with Gasteiger partial charge in [-0.25, -0.2) is 0 Å². The minimum Gasteiger partial charge on any atom is -0.367 e. The van der Waals surface area contributed by atoms with Crippen LogP contribution in [0.15, 0.2) is 35.1 Å². The first-order valence-electron chi connectivity index (χ1n) is 5.09. The molecule has 0 radical (unpaired) electrons. The lowest BCUT2D eigenvalue weighted by Crippen LogP contribution is -2.19. The van der Waals surface area contributed by atoms with Crippen molar-refractivity contribution < 1.29 is 4.79 Å². The van der Waals surface area contributed by atoms with Gasteiger partial charge < -0.3 is 10.6 Å². The molecule has 2 heterocycles. The summed E-state index contributed by atoms with van der Waals surface area (Å²) in [6, 6.07) is 5.35. The Hall–Kier alpha value is -1.82. The molecule has 0 bridgehead atoms. The lowest BCUT2D eigenvalue weighted by Gasteiger charge is -2.10. The normalized spacial score (nSPS) is 17.7. The average Bonchev–Trinajstić information content (AvgIpc) is 2.90. The minimum absolute atomic E-state index is 0.0562. The van der Waals surface area contributed by atoms with Gasteiger partial charge in [0.15, 0.2) is 0 Å². The molecule has 0 saturated carbocycles. The number of hydrogen-bond acceptors (Lipinski definition) is 3. The standard InChI is InChI=1S/C11H9BrN4O/c12-6-1-2-9-8(3-6)10(11(17)16-9)15-7-4-13-14-5-7/h1-5,10,15H,(H,13,14)(H,16,17). The van der Waals surface area contributed by atoms with E-state index in [1.165, 1.54) is 0 Å². The fourth-order valence-corrected chi connectivity index (χ4v) is 2.25. The summed E-state index contributed by atoms with van der Waals surface area (Å²) in [5.74, 6) is -0.0562. The maximum atomic E-state index is 11.8. The number of amides is 1. The SMILES string of the molecule is O=C1Nc2ccc(Br)cc2C1Nc1cn[nH]c1. The molecule has 2 aromatic rings. The van der Waals surface area contributed by atoms with Crippen LogP contribution in [0.4, 0.5) is 11.4 Å². The Balaban J connectivity index is 1.96. The molecule has 1 atom stereocenters. The summed E-state index contributed by atoms with van der Waals surface area (Å²) in [6.45, 7) is 0. The number of anilines is 2. The summed E-state index contributed by atoms with van der Waals surface area (Å²) < 4.78 is 0.951. The molecule has 3 rings (SSSR count). The van der Waals surface area contributed by atoms with Gasteiger partial charge in [0.25, 0.3) is 5.91 Å². The van der Waals surface area contributed by atoms with E-state index in [0.717, 1.165) is 21.4 Å². The number of aromatic amines is 1. The van der Waals surface area contributed by atoms with Crippen molar-refractivity contribution in [3.05, 3.63) is 40.6 Å². The number of nitrogens with one attached hydrogen (secondary N) is 3. The van der Waals surface area contributed by atoms with Crippen molar-refractivity contribution in [1.29, 1.82) is 0 Å². The van der Waals surface area contributed by atoms with Crippen LogP contribution in [0.2, 0.25) is 0 Å². The van der Waals surface area contributed by atoms with E-state index in [2.05, 4.69) is 36.8 Å². The molecule has 1 amide bonds. The molecule has 1 unspecified atom stereocenters. The van der Waals surface area contributed by atoms with Gasteiger partial charge in [-0.05, 0) is 18.2 Å². The van der Waals surface area contributed by atoms with Crippen molar-refractivity contribution in [3.63, 3.8) is 0 Å². The highest BCUT2D eigenvalue weighted by molar-refractivity contribution is 9.10. The number of halogens is 1. The molecule has 1 aromatic carbocycles. The number of fused-ring (bicyclic) bond motifs is 1. The van der Waals surface area contributed by atoms with E-state index < -0.39 is 0 Å². The number of nitrogens with zero attached hydrogens (tertiary/aromatic N) is 1. The first-order valence-corrected chi connectivity index (χ1v) is 5.89. The van der Waals surface area contributed by atoms with Crippen LogP contribution in [0.25, 0.3) is 0 Å². The fourth-order valence-electron chi connectivity index (χ4n) is 1.87. The molecule has 0 fully saturated rings.